The molecule has 0 spiro atoms. The fourth-order valence-electron chi connectivity index (χ4n) is 1.34. The largest absolute Gasteiger partial charge is 0.478 e. The van der Waals surface area contributed by atoms with Crippen LogP contribution in [0.1, 0.15) is 31.8 Å². The van der Waals surface area contributed by atoms with E-state index in [0.29, 0.717) is 5.56 Å². The number of rotatable bonds is 2. The molecule has 0 aliphatic heterocycles. The SMILES string of the molecule is Cc1cc(C(=O)O)c(C)c(C(=O)OO)c1. The Morgan fingerprint density at radius 2 is 1.73 bits per heavy atom. The second kappa shape index (κ2) is 4.10. The van der Waals surface area contributed by atoms with Crippen molar-refractivity contribution in [2.45, 2.75) is 13.8 Å². The van der Waals surface area contributed by atoms with Gasteiger partial charge in [0, 0.05) is 0 Å². The summed E-state index contributed by atoms with van der Waals surface area (Å²) in [7, 11) is 0. The second-order valence-corrected chi connectivity index (χ2v) is 3.17. The van der Waals surface area contributed by atoms with E-state index in [1.54, 1.807) is 6.92 Å². The molecule has 0 aromatic heterocycles. The number of benzene rings is 1. The summed E-state index contributed by atoms with van der Waals surface area (Å²) in [6.07, 6.45) is 0. The lowest BCUT2D eigenvalue weighted by Crippen LogP contribution is -2.09. The zero-order valence-corrected chi connectivity index (χ0v) is 8.27. The third-order valence-electron chi connectivity index (χ3n) is 2.09. The van der Waals surface area contributed by atoms with Crippen LogP contribution < -0.4 is 0 Å². The van der Waals surface area contributed by atoms with E-state index >= 15 is 0 Å². The molecule has 0 aliphatic carbocycles. The molecule has 1 aromatic carbocycles. The summed E-state index contributed by atoms with van der Waals surface area (Å²) in [4.78, 5) is 25.5. The minimum atomic E-state index is -1.12. The van der Waals surface area contributed by atoms with Gasteiger partial charge in [0.1, 0.15) is 0 Å². The molecular formula is C10H10O5. The van der Waals surface area contributed by atoms with Gasteiger partial charge in [0.2, 0.25) is 0 Å². The molecule has 5 nitrogen and oxygen atoms in total. The van der Waals surface area contributed by atoms with Gasteiger partial charge in [-0.3, -0.25) is 4.89 Å². The van der Waals surface area contributed by atoms with Crippen LogP contribution in [0, 0.1) is 13.8 Å². The highest BCUT2D eigenvalue weighted by Crippen LogP contribution is 2.17. The predicted octanol–water partition coefficient (Wildman–Crippen LogP) is 1.63. The van der Waals surface area contributed by atoms with Gasteiger partial charge in [0.15, 0.2) is 0 Å². The molecule has 0 heterocycles. The summed E-state index contributed by atoms with van der Waals surface area (Å²) < 4.78 is 0. The summed E-state index contributed by atoms with van der Waals surface area (Å²) in [5.74, 6) is -2.08. The Balaban J connectivity index is 3.41. The van der Waals surface area contributed by atoms with Crippen molar-refractivity contribution in [3.05, 3.63) is 34.4 Å². The summed E-state index contributed by atoms with van der Waals surface area (Å²) in [5, 5.41) is 17.1. The highest BCUT2D eigenvalue weighted by Gasteiger charge is 2.17. The van der Waals surface area contributed by atoms with Gasteiger partial charge in [-0.15, -0.1) is 0 Å². The van der Waals surface area contributed by atoms with Gasteiger partial charge in [0.05, 0.1) is 11.1 Å². The molecule has 2 N–H and O–H groups in total. The highest BCUT2D eigenvalue weighted by atomic mass is 17.1. The van der Waals surface area contributed by atoms with Crippen molar-refractivity contribution >= 4 is 11.9 Å². The minimum Gasteiger partial charge on any atom is -0.478 e. The average molecular weight is 210 g/mol. The Kier molecular flexibility index (Phi) is 3.06. The van der Waals surface area contributed by atoms with Crippen molar-refractivity contribution in [2.75, 3.05) is 0 Å². The molecule has 0 saturated heterocycles. The van der Waals surface area contributed by atoms with E-state index in [-0.39, 0.29) is 16.7 Å². The number of carboxylic acid groups (broad SMARTS) is 1. The van der Waals surface area contributed by atoms with Crippen molar-refractivity contribution in [3.8, 4) is 0 Å². The average Bonchev–Trinajstić information content (AvgIpc) is 2.19. The first-order chi connectivity index (χ1) is 6.97. The molecule has 5 heteroatoms. The van der Waals surface area contributed by atoms with Crippen molar-refractivity contribution in [2.24, 2.45) is 0 Å². The van der Waals surface area contributed by atoms with Crippen LogP contribution in [0.3, 0.4) is 0 Å². The summed E-state index contributed by atoms with van der Waals surface area (Å²) in [6, 6.07) is 2.91. The first kappa shape index (κ1) is 11.2. The predicted molar refractivity (Wildman–Crippen MR) is 50.9 cm³/mol. The van der Waals surface area contributed by atoms with Gasteiger partial charge < -0.3 is 5.11 Å². The van der Waals surface area contributed by atoms with E-state index in [1.165, 1.54) is 19.1 Å². The Labute approximate surface area is 85.8 Å². The number of carbonyl (C=O) groups is 2. The van der Waals surface area contributed by atoms with Crippen LogP contribution in [-0.4, -0.2) is 22.3 Å². The third kappa shape index (κ3) is 2.13. The minimum absolute atomic E-state index is 0.0235. The molecule has 80 valence electrons. The monoisotopic (exact) mass is 210 g/mol. The Hall–Kier alpha value is -1.88. The molecule has 15 heavy (non-hydrogen) atoms. The Morgan fingerprint density at radius 1 is 1.20 bits per heavy atom. The molecule has 1 aromatic rings. The number of hydrogen-bond acceptors (Lipinski definition) is 4. The normalized spacial score (nSPS) is 9.80. The van der Waals surface area contributed by atoms with Crippen LogP contribution in [0.5, 0.6) is 0 Å². The van der Waals surface area contributed by atoms with Crippen LogP contribution in [0.2, 0.25) is 0 Å². The molecular weight excluding hydrogens is 200 g/mol. The topological polar surface area (TPSA) is 83.8 Å². The Bertz CT molecular complexity index is 422. The molecule has 0 bridgehead atoms. The fourth-order valence-corrected chi connectivity index (χ4v) is 1.34. The first-order valence-corrected chi connectivity index (χ1v) is 4.17. The lowest BCUT2D eigenvalue weighted by atomic mass is 9.99. The number of aryl methyl sites for hydroxylation is 1. The fraction of sp³-hybridized carbons (Fsp3) is 0.200. The van der Waals surface area contributed by atoms with E-state index in [4.69, 9.17) is 10.4 Å². The molecule has 0 atom stereocenters. The molecule has 0 fully saturated rings. The number of carboxylic acids is 1. The zero-order chi connectivity index (χ0) is 11.6. The van der Waals surface area contributed by atoms with Crippen LogP contribution in [0.25, 0.3) is 0 Å². The van der Waals surface area contributed by atoms with Crippen molar-refractivity contribution in [3.63, 3.8) is 0 Å². The molecule has 0 amide bonds. The molecule has 0 radical (unpaired) electrons. The maximum Gasteiger partial charge on any atom is 0.373 e. The highest BCUT2D eigenvalue weighted by molar-refractivity contribution is 5.97. The standard InChI is InChI=1S/C10H10O5/c1-5-3-7(9(11)12)6(2)8(4-5)10(13)15-14/h3-4,14H,1-2H3,(H,11,12). The smallest absolute Gasteiger partial charge is 0.373 e. The van der Waals surface area contributed by atoms with Crippen LogP contribution in [0.4, 0.5) is 0 Å². The van der Waals surface area contributed by atoms with Crippen molar-refractivity contribution < 1.29 is 24.8 Å². The number of aromatic carboxylic acids is 1. The van der Waals surface area contributed by atoms with Crippen LogP contribution >= 0.6 is 0 Å². The van der Waals surface area contributed by atoms with E-state index < -0.39 is 11.9 Å². The molecule has 1 rings (SSSR count). The van der Waals surface area contributed by atoms with Gasteiger partial charge >= 0.3 is 11.9 Å². The van der Waals surface area contributed by atoms with Crippen molar-refractivity contribution in [1.29, 1.82) is 0 Å². The van der Waals surface area contributed by atoms with Gasteiger partial charge in [-0.2, -0.15) is 5.26 Å². The van der Waals surface area contributed by atoms with E-state index in [9.17, 15) is 9.59 Å². The van der Waals surface area contributed by atoms with E-state index in [1.807, 2.05) is 0 Å². The van der Waals surface area contributed by atoms with Gasteiger partial charge in [-0.05, 0) is 37.1 Å². The van der Waals surface area contributed by atoms with E-state index in [0.717, 1.165) is 0 Å². The number of hydrogen-bond donors (Lipinski definition) is 2. The molecule has 0 unspecified atom stereocenters. The van der Waals surface area contributed by atoms with Gasteiger partial charge in [-0.25, -0.2) is 9.59 Å². The summed E-state index contributed by atoms with van der Waals surface area (Å²) in [5.41, 5.74) is 0.954. The molecule has 0 aliphatic rings. The maximum absolute atomic E-state index is 11.1. The second-order valence-electron chi connectivity index (χ2n) is 3.17. The zero-order valence-electron chi connectivity index (χ0n) is 8.27. The van der Waals surface area contributed by atoms with Gasteiger partial charge in [0.25, 0.3) is 0 Å². The first-order valence-electron chi connectivity index (χ1n) is 4.17. The van der Waals surface area contributed by atoms with E-state index in [2.05, 4.69) is 4.89 Å². The van der Waals surface area contributed by atoms with Crippen LogP contribution in [0.15, 0.2) is 12.1 Å². The summed E-state index contributed by atoms with van der Waals surface area (Å²) in [6.45, 7) is 3.13. The lowest BCUT2D eigenvalue weighted by molar-refractivity contribution is -0.182. The Morgan fingerprint density at radius 3 is 2.20 bits per heavy atom. The quantitative estimate of drug-likeness (QED) is 0.572. The van der Waals surface area contributed by atoms with Crippen LogP contribution in [-0.2, 0) is 4.89 Å². The number of carbonyl (C=O) groups excluding carboxylic acids is 1. The van der Waals surface area contributed by atoms with Crippen molar-refractivity contribution in [1.82, 2.24) is 0 Å². The lowest BCUT2D eigenvalue weighted by Gasteiger charge is -2.07. The summed E-state index contributed by atoms with van der Waals surface area (Å²) >= 11 is 0. The van der Waals surface area contributed by atoms with Gasteiger partial charge in [-0.1, -0.05) is 0 Å². The maximum atomic E-state index is 11.1. The molecule has 0 saturated carbocycles. The third-order valence-corrected chi connectivity index (χ3v) is 2.09.